The predicted molar refractivity (Wildman–Crippen MR) is 124 cm³/mol. The van der Waals surface area contributed by atoms with E-state index >= 15 is 0 Å². The molecule has 0 aliphatic rings. The number of aliphatic carboxylic acids is 1. The maximum absolute atomic E-state index is 13.0. The summed E-state index contributed by atoms with van der Waals surface area (Å²) in [6.45, 7) is 0. The fraction of sp³-hybridized carbons (Fsp3) is 0.250. The number of aromatic nitrogens is 2. The highest BCUT2D eigenvalue weighted by molar-refractivity contribution is 5.92. The standard InChI is InChI=1S/C24H27N5O5/c25-19(10-16-6-8-18(30)9-7-16)22(31)28-20(12-17-13-26-14-27-17)23(32)29-21(24(33)34)11-15-4-2-1-3-5-15/h1-9,13-14,19-21,30H,10-12,25H2,(H,26,27)(H,28,31)(H,29,32)(H,33,34)/t19-,20-,21-/m0/s1. The van der Waals surface area contributed by atoms with E-state index in [2.05, 4.69) is 20.6 Å². The molecule has 0 aliphatic carbocycles. The van der Waals surface area contributed by atoms with Crippen LogP contribution in [0.3, 0.4) is 0 Å². The number of carbonyl (C=O) groups excluding carboxylic acids is 2. The van der Waals surface area contributed by atoms with Gasteiger partial charge >= 0.3 is 5.97 Å². The number of phenolic OH excluding ortho intramolecular Hbond substituents is 1. The number of amides is 2. The summed E-state index contributed by atoms with van der Waals surface area (Å²) in [6, 6.07) is 12.0. The monoisotopic (exact) mass is 465 g/mol. The molecule has 0 unspecified atom stereocenters. The van der Waals surface area contributed by atoms with E-state index in [0.717, 1.165) is 11.1 Å². The molecule has 34 heavy (non-hydrogen) atoms. The number of hydrogen-bond donors (Lipinski definition) is 6. The number of imidazole rings is 1. The van der Waals surface area contributed by atoms with Gasteiger partial charge in [-0.25, -0.2) is 9.78 Å². The van der Waals surface area contributed by atoms with Gasteiger partial charge in [0.2, 0.25) is 11.8 Å². The van der Waals surface area contributed by atoms with Gasteiger partial charge in [0.25, 0.3) is 0 Å². The Labute approximate surface area is 196 Å². The fourth-order valence-electron chi connectivity index (χ4n) is 3.41. The van der Waals surface area contributed by atoms with Gasteiger partial charge in [0.15, 0.2) is 0 Å². The number of carboxylic acids is 1. The number of nitrogens with one attached hydrogen (secondary N) is 3. The average Bonchev–Trinajstić information content (AvgIpc) is 3.33. The fourth-order valence-corrected chi connectivity index (χ4v) is 3.41. The van der Waals surface area contributed by atoms with Crippen molar-refractivity contribution in [3.63, 3.8) is 0 Å². The molecular weight excluding hydrogens is 438 g/mol. The highest BCUT2D eigenvalue weighted by atomic mass is 16.4. The normalized spacial score (nSPS) is 13.4. The first-order valence-electron chi connectivity index (χ1n) is 10.7. The largest absolute Gasteiger partial charge is 0.508 e. The lowest BCUT2D eigenvalue weighted by Crippen LogP contribution is -2.56. The van der Waals surface area contributed by atoms with Crippen LogP contribution in [0.15, 0.2) is 67.1 Å². The summed E-state index contributed by atoms with van der Waals surface area (Å²) in [7, 11) is 0. The molecular formula is C24H27N5O5. The highest BCUT2D eigenvalue weighted by Gasteiger charge is 2.28. The van der Waals surface area contributed by atoms with Gasteiger partial charge in [0.1, 0.15) is 17.8 Å². The number of carboxylic acid groups (broad SMARTS) is 1. The Bertz CT molecular complexity index is 1090. The number of nitrogens with two attached hydrogens (primary N) is 1. The van der Waals surface area contributed by atoms with Crippen LogP contribution in [0.1, 0.15) is 16.8 Å². The van der Waals surface area contributed by atoms with Gasteiger partial charge in [0.05, 0.1) is 12.4 Å². The Morgan fingerprint density at radius 1 is 0.882 bits per heavy atom. The highest BCUT2D eigenvalue weighted by Crippen LogP contribution is 2.11. The summed E-state index contributed by atoms with van der Waals surface area (Å²) in [6.07, 6.45) is 3.31. The molecule has 178 valence electrons. The molecule has 10 heteroatoms. The van der Waals surface area contributed by atoms with E-state index in [0.29, 0.717) is 5.69 Å². The molecule has 10 nitrogen and oxygen atoms in total. The quantitative estimate of drug-likeness (QED) is 0.240. The van der Waals surface area contributed by atoms with Crippen molar-refractivity contribution >= 4 is 17.8 Å². The molecule has 3 aromatic rings. The zero-order valence-corrected chi connectivity index (χ0v) is 18.3. The Kier molecular flexibility index (Phi) is 8.36. The zero-order chi connectivity index (χ0) is 24.5. The Morgan fingerprint density at radius 2 is 1.53 bits per heavy atom. The topological polar surface area (TPSA) is 170 Å². The van der Waals surface area contributed by atoms with E-state index in [4.69, 9.17) is 5.73 Å². The number of H-pyrrole nitrogens is 1. The van der Waals surface area contributed by atoms with E-state index < -0.39 is 35.9 Å². The van der Waals surface area contributed by atoms with Crippen LogP contribution in [-0.2, 0) is 33.6 Å². The SMILES string of the molecule is N[C@@H](Cc1ccc(O)cc1)C(=O)N[C@@H](Cc1cnc[nH]1)C(=O)N[C@@H](Cc1ccccc1)C(=O)O. The van der Waals surface area contributed by atoms with Crippen molar-refractivity contribution in [1.29, 1.82) is 0 Å². The van der Waals surface area contributed by atoms with E-state index in [1.54, 1.807) is 36.4 Å². The first kappa shape index (κ1) is 24.5. The van der Waals surface area contributed by atoms with Gasteiger partial charge in [-0.05, 0) is 29.7 Å². The number of rotatable bonds is 11. The minimum Gasteiger partial charge on any atom is -0.508 e. The molecule has 0 bridgehead atoms. The van der Waals surface area contributed by atoms with E-state index in [9.17, 15) is 24.6 Å². The Balaban J connectivity index is 1.69. The van der Waals surface area contributed by atoms with E-state index in [-0.39, 0.29) is 25.0 Å². The summed E-state index contributed by atoms with van der Waals surface area (Å²) in [5, 5.41) is 24.2. The van der Waals surface area contributed by atoms with Crippen molar-refractivity contribution < 1.29 is 24.6 Å². The first-order valence-corrected chi connectivity index (χ1v) is 10.7. The van der Waals surface area contributed by atoms with Crippen molar-refractivity contribution in [3.05, 3.63) is 83.9 Å². The summed E-state index contributed by atoms with van der Waals surface area (Å²) in [5.41, 5.74) is 8.12. The predicted octanol–water partition coefficient (Wildman–Crippen LogP) is 0.525. The number of aromatic amines is 1. The Hall–Kier alpha value is -4.18. The third kappa shape index (κ3) is 7.17. The summed E-state index contributed by atoms with van der Waals surface area (Å²) in [5.74, 6) is -2.31. The maximum Gasteiger partial charge on any atom is 0.326 e. The molecule has 0 aliphatic heterocycles. The molecule has 3 atom stereocenters. The number of carbonyl (C=O) groups is 3. The molecule has 0 saturated carbocycles. The molecule has 0 saturated heterocycles. The van der Waals surface area contributed by atoms with Crippen LogP contribution >= 0.6 is 0 Å². The molecule has 0 spiro atoms. The summed E-state index contributed by atoms with van der Waals surface area (Å²) in [4.78, 5) is 44.4. The Morgan fingerprint density at radius 3 is 2.15 bits per heavy atom. The van der Waals surface area contributed by atoms with Crippen LogP contribution in [0.2, 0.25) is 0 Å². The third-order valence-corrected chi connectivity index (χ3v) is 5.24. The van der Waals surface area contributed by atoms with Crippen LogP contribution in [0, 0.1) is 0 Å². The number of hydrogen-bond acceptors (Lipinski definition) is 6. The second kappa shape index (κ2) is 11.6. The van der Waals surface area contributed by atoms with Crippen molar-refractivity contribution in [1.82, 2.24) is 20.6 Å². The molecule has 7 N–H and O–H groups in total. The van der Waals surface area contributed by atoms with Crippen molar-refractivity contribution in [3.8, 4) is 5.75 Å². The van der Waals surface area contributed by atoms with Gasteiger partial charge in [-0.15, -0.1) is 0 Å². The van der Waals surface area contributed by atoms with Gasteiger partial charge in [-0.1, -0.05) is 42.5 Å². The number of phenols is 1. The molecule has 1 heterocycles. The molecule has 2 amide bonds. The lowest BCUT2D eigenvalue weighted by Gasteiger charge is -2.23. The number of benzene rings is 2. The average molecular weight is 466 g/mol. The molecule has 2 aromatic carbocycles. The van der Waals surface area contributed by atoms with E-state index in [1.165, 1.54) is 24.7 Å². The van der Waals surface area contributed by atoms with Crippen molar-refractivity contribution in [2.75, 3.05) is 0 Å². The van der Waals surface area contributed by atoms with Gasteiger partial charge in [-0.3, -0.25) is 9.59 Å². The summed E-state index contributed by atoms with van der Waals surface area (Å²) < 4.78 is 0. The minimum atomic E-state index is -1.19. The van der Waals surface area contributed by atoms with Crippen LogP contribution in [0.5, 0.6) is 5.75 Å². The van der Waals surface area contributed by atoms with Crippen LogP contribution in [0.4, 0.5) is 0 Å². The number of aromatic hydroxyl groups is 1. The van der Waals surface area contributed by atoms with Crippen molar-refractivity contribution in [2.24, 2.45) is 5.73 Å². The molecule has 1 aromatic heterocycles. The smallest absolute Gasteiger partial charge is 0.326 e. The lowest BCUT2D eigenvalue weighted by molar-refractivity contribution is -0.142. The van der Waals surface area contributed by atoms with Crippen molar-refractivity contribution in [2.45, 2.75) is 37.4 Å². The van der Waals surface area contributed by atoms with Crippen LogP contribution in [0.25, 0.3) is 0 Å². The lowest BCUT2D eigenvalue weighted by atomic mass is 10.0. The maximum atomic E-state index is 13.0. The third-order valence-electron chi connectivity index (χ3n) is 5.24. The van der Waals surface area contributed by atoms with E-state index in [1.807, 2.05) is 6.07 Å². The van der Waals surface area contributed by atoms with Gasteiger partial charge in [0, 0.05) is 24.7 Å². The second-order valence-corrected chi connectivity index (χ2v) is 7.91. The van der Waals surface area contributed by atoms with Gasteiger partial charge < -0.3 is 31.6 Å². The van der Waals surface area contributed by atoms with Gasteiger partial charge in [-0.2, -0.15) is 0 Å². The minimum absolute atomic E-state index is 0.0706. The zero-order valence-electron chi connectivity index (χ0n) is 18.3. The molecule has 0 radical (unpaired) electrons. The van der Waals surface area contributed by atoms with Crippen LogP contribution < -0.4 is 16.4 Å². The number of nitrogens with zero attached hydrogens (tertiary/aromatic N) is 1. The molecule has 3 rings (SSSR count). The summed E-state index contributed by atoms with van der Waals surface area (Å²) >= 11 is 0. The second-order valence-electron chi connectivity index (χ2n) is 7.91. The van der Waals surface area contributed by atoms with Crippen LogP contribution in [-0.4, -0.2) is 56.1 Å². The first-order chi connectivity index (χ1) is 16.3. The molecule has 0 fully saturated rings.